The molecule has 2 aromatic carbocycles. The number of nitrogens with one attached hydrogen (secondary N) is 2. The van der Waals surface area contributed by atoms with Gasteiger partial charge in [-0.05, 0) is 21.8 Å². The Balaban J connectivity index is 0.00000280. The fraction of sp³-hybridized carbons (Fsp3) is 0.409. The fourth-order valence-corrected chi connectivity index (χ4v) is 8.39. The van der Waals surface area contributed by atoms with E-state index in [-0.39, 0.29) is 29.0 Å². The van der Waals surface area contributed by atoms with E-state index in [9.17, 15) is 0 Å². The van der Waals surface area contributed by atoms with Gasteiger partial charge in [-0.25, -0.2) is 0 Å². The lowest BCUT2D eigenvalue weighted by atomic mass is 10.2. The number of halogens is 1. The Kier molecular flexibility index (Phi) is 8.51. The Morgan fingerprint density at radius 1 is 1.00 bits per heavy atom. The van der Waals surface area contributed by atoms with Gasteiger partial charge in [-0.3, -0.25) is 4.99 Å². The molecule has 1 aliphatic rings. The standard InChI is InChI=1S/C22H31N3OSi.HI/c1-22(2,3)27(19-11-6-4-7-12-19,20-13-8-5-9-14-20)26-18-10-15-23-21-24-16-17-25-21;/h4-9,11-14H,10,15-18H2,1-3H3,(H2,23,24,25);1H. The lowest BCUT2D eigenvalue weighted by Gasteiger charge is -2.43. The summed E-state index contributed by atoms with van der Waals surface area (Å²) in [5.41, 5.74) is 0. The van der Waals surface area contributed by atoms with Crippen LogP contribution in [0.5, 0.6) is 0 Å². The first-order valence-corrected chi connectivity index (χ1v) is 11.7. The molecule has 2 N–H and O–H groups in total. The highest BCUT2D eigenvalue weighted by atomic mass is 127. The van der Waals surface area contributed by atoms with Crippen LogP contribution >= 0.6 is 24.0 Å². The number of rotatable bonds is 7. The summed E-state index contributed by atoms with van der Waals surface area (Å²) in [4.78, 5) is 4.38. The molecular weight excluding hydrogens is 477 g/mol. The van der Waals surface area contributed by atoms with Crippen molar-refractivity contribution in [2.24, 2.45) is 4.99 Å². The summed E-state index contributed by atoms with van der Waals surface area (Å²) in [5.74, 6) is 0.917. The summed E-state index contributed by atoms with van der Waals surface area (Å²) in [7, 11) is -2.40. The van der Waals surface area contributed by atoms with Crippen LogP contribution in [-0.2, 0) is 4.43 Å². The second-order valence-corrected chi connectivity index (χ2v) is 12.3. The van der Waals surface area contributed by atoms with Crippen molar-refractivity contribution in [1.29, 1.82) is 0 Å². The Hall–Kier alpha value is -1.38. The van der Waals surface area contributed by atoms with Crippen molar-refractivity contribution < 1.29 is 4.43 Å². The van der Waals surface area contributed by atoms with Gasteiger partial charge in [0.05, 0.1) is 6.54 Å². The lowest BCUT2D eigenvalue weighted by molar-refractivity contribution is 0.292. The van der Waals surface area contributed by atoms with E-state index in [4.69, 9.17) is 4.43 Å². The van der Waals surface area contributed by atoms with Gasteiger partial charge in [-0.1, -0.05) is 81.4 Å². The molecule has 0 aromatic heterocycles. The highest BCUT2D eigenvalue weighted by Gasteiger charge is 2.49. The monoisotopic (exact) mass is 509 g/mol. The van der Waals surface area contributed by atoms with Crippen LogP contribution in [0.15, 0.2) is 65.7 Å². The molecule has 0 amide bonds. The summed E-state index contributed by atoms with van der Waals surface area (Å²) >= 11 is 0. The van der Waals surface area contributed by atoms with E-state index in [1.165, 1.54) is 10.4 Å². The third-order valence-corrected chi connectivity index (χ3v) is 10.1. The quantitative estimate of drug-likeness (QED) is 0.343. The number of aliphatic imine (C=N–C) groups is 1. The second-order valence-electron chi connectivity index (χ2n) is 7.95. The zero-order chi connectivity index (χ0) is 19.2. The molecule has 4 nitrogen and oxygen atoms in total. The van der Waals surface area contributed by atoms with Crippen molar-refractivity contribution in [2.45, 2.75) is 32.2 Å². The Morgan fingerprint density at radius 2 is 1.57 bits per heavy atom. The molecule has 0 fully saturated rings. The molecule has 28 heavy (non-hydrogen) atoms. The van der Waals surface area contributed by atoms with Gasteiger partial charge in [0.25, 0.3) is 8.32 Å². The van der Waals surface area contributed by atoms with Crippen LogP contribution in [0.3, 0.4) is 0 Å². The Morgan fingerprint density at radius 3 is 2.04 bits per heavy atom. The van der Waals surface area contributed by atoms with E-state index < -0.39 is 8.32 Å². The summed E-state index contributed by atoms with van der Waals surface area (Å²) in [6.07, 6.45) is 0.950. The van der Waals surface area contributed by atoms with Crippen molar-refractivity contribution >= 4 is 48.6 Å². The molecule has 0 radical (unpaired) electrons. The third kappa shape index (κ3) is 5.15. The molecule has 0 bridgehead atoms. The van der Waals surface area contributed by atoms with E-state index >= 15 is 0 Å². The summed E-state index contributed by atoms with van der Waals surface area (Å²) in [5, 5.41) is 9.30. The molecule has 0 saturated heterocycles. The molecule has 0 saturated carbocycles. The summed E-state index contributed by atoms with van der Waals surface area (Å²) in [6.45, 7) is 10.3. The summed E-state index contributed by atoms with van der Waals surface area (Å²) < 4.78 is 6.87. The third-order valence-electron chi connectivity index (χ3n) is 5.02. The molecule has 152 valence electrons. The molecule has 3 rings (SSSR count). The minimum absolute atomic E-state index is 0. The van der Waals surface area contributed by atoms with Gasteiger partial charge < -0.3 is 15.1 Å². The second kappa shape index (κ2) is 10.4. The topological polar surface area (TPSA) is 45.6 Å². The lowest BCUT2D eigenvalue weighted by Crippen LogP contribution is -2.66. The smallest absolute Gasteiger partial charge is 0.261 e. The highest BCUT2D eigenvalue weighted by Crippen LogP contribution is 2.36. The van der Waals surface area contributed by atoms with Gasteiger partial charge in [0, 0.05) is 19.7 Å². The van der Waals surface area contributed by atoms with Gasteiger partial charge in [-0.15, -0.1) is 24.0 Å². The van der Waals surface area contributed by atoms with Gasteiger partial charge in [0.15, 0.2) is 5.96 Å². The van der Waals surface area contributed by atoms with Gasteiger partial charge in [0.2, 0.25) is 0 Å². The predicted molar refractivity (Wildman–Crippen MR) is 132 cm³/mol. The maximum atomic E-state index is 6.87. The number of hydrogen-bond donors (Lipinski definition) is 2. The van der Waals surface area contributed by atoms with Gasteiger partial charge in [0.1, 0.15) is 0 Å². The maximum Gasteiger partial charge on any atom is 0.261 e. The van der Waals surface area contributed by atoms with Gasteiger partial charge >= 0.3 is 0 Å². The Bertz CT molecular complexity index is 708. The molecule has 2 aromatic rings. The normalized spacial score (nSPS) is 14.0. The highest BCUT2D eigenvalue weighted by molar-refractivity contribution is 14.0. The molecular formula is C22H32IN3OSi. The van der Waals surface area contributed by atoms with E-state index in [0.717, 1.165) is 38.6 Å². The fourth-order valence-electron chi connectivity index (χ4n) is 3.78. The molecule has 0 spiro atoms. The molecule has 0 unspecified atom stereocenters. The van der Waals surface area contributed by atoms with Crippen LogP contribution in [0.4, 0.5) is 0 Å². The average molecular weight is 510 g/mol. The van der Waals surface area contributed by atoms with Crippen LogP contribution in [0.2, 0.25) is 5.04 Å². The number of guanidine groups is 1. The van der Waals surface area contributed by atoms with Crippen molar-refractivity contribution in [3.05, 3.63) is 60.7 Å². The minimum atomic E-state index is -2.40. The number of nitrogens with zero attached hydrogens (tertiary/aromatic N) is 1. The van der Waals surface area contributed by atoms with Crippen LogP contribution in [0.25, 0.3) is 0 Å². The van der Waals surface area contributed by atoms with E-state index in [1.807, 2.05) is 0 Å². The van der Waals surface area contributed by atoms with E-state index in [1.54, 1.807) is 0 Å². The van der Waals surface area contributed by atoms with Crippen molar-refractivity contribution in [3.63, 3.8) is 0 Å². The molecule has 1 heterocycles. The van der Waals surface area contributed by atoms with Crippen LogP contribution in [0.1, 0.15) is 27.2 Å². The molecule has 6 heteroatoms. The molecule has 0 aliphatic carbocycles. The van der Waals surface area contributed by atoms with E-state index in [0.29, 0.717) is 0 Å². The first-order chi connectivity index (χ1) is 13.0. The van der Waals surface area contributed by atoms with Crippen molar-refractivity contribution in [1.82, 2.24) is 10.6 Å². The zero-order valence-corrected chi connectivity index (χ0v) is 20.4. The number of hydrogen-bond acceptors (Lipinski definition) is 4. The number of benzene rings is 2. The van der Waals surface area contributed by atoms with Crippen molar-refractivity contribution in [3.8, 4) is 0 Å². The van der Waals surface area contributed by atoms with Crippen LogP contribution in [-0.4, -0.2) is 40.5 Å². The SMILES string of the molecule is CC(C)(C)[Si](OCCCNC1=NCCN1)(c1ccccc1)c1ccccc1.I. The van der Waals surface area contributed by atoms with Gasteiger partial charge in [-0.2, -0.15) is 0 Å². The Labute approximate surface area is 187 Å². The maximum absolute atomic E-state index is 6.87. The zero-order valence-electron chi connectivity index (χ0n) is 17.1. The molecule has 0 atom stereocenters. The van der Waals surface area contributed by atoms with Crippen LogP contribution in [0, 0.1) is 0 Å². The van der Waals surface area contributed by atoms with Crippen LogP contribution < -0.4 is 21.0 Å². The van der Waals surface area contributed by atoms with Crippen molar-refractivity contribution in [2.75, 3.05) is 26.2 Å². The first kappa shape index (κ1) is 22.9. The average Bonchev–Trinajstić information content (AvgIpc) is 3.19. The predicted octanol–water partition coefficient (Wildman–Crippen LogP) is 3.12. The minimum Gasteiger partial charge on any atom is -0.407 e. The first-order valence-electron chi connectivity index (χ1n) is 9.81. The molecule has 1 aliphatic heterocycles. The summed E-state index contributed by atoms with van der Waals surface area (Å²) in [6, 6.07) is 21.6. The van der Waals surface area contributed by atoms with E-state index in [2.05, 4.69) is 97.1 Å². The largest absolute Gasteiger partial charge is 0.407 e.